The first kappa shape index (κ1) is 13.6. The van der Waals surface area contributed by atoms with Crippen LogP contribution in [0.4, 0.5) is 0 Å². The van der Waals surface area contributed by atoms with Crippen LogP contribution < -0.4 is 60.8 Å². The number of rotatable bonds is 3. The van der Waals surface area contributed by atoms with Crippen molar-refractivity contribution < 1.29 is 65.4 Å². The number of benzene rings is 1. The summed E-state index contributed by atoms with van der Waals surface area (Å²) in [6.07, 6.45) is 0. The van der Waals surface area contributed by atoms with Gasteiger partial charge in [0.1, 0.15) is 5.75 Å². The Morgan fingerprint density at radius 3 is 2.38 bits per heavy atom. The Balaban J connectivity index is 0.00000144. The fraction of sp³-hybridized carbons (Fsp3) is 0. The molecule has 0 heterocycles. The van der Waals surface area contributed by atoms with Crippen LogP contribution in [-0.4, -0.2) is 0 Å². The molecule has 0 saturated carbocycles. The zero-order valence-electron chi connectivity index (χ0n) is 7.34. The molecule has 0 spiro atoms. The SMILES string of the molecule is C=CP(=O)([O-])Oc1ccccc1.[K+]. The molecule has 1 aromatic rings. The number of hydrogen-bond donors (Lipinski definition) is 0. The molecule has 0 amide bonds. The van der Waals surface area contributed by atoms with E-state index < -0.39 is 7.60 Å². The summed E-state index contributed by atoms with van der Waals surface area (Å²) in [7, 11) is -3.88. The molecule has 0 aliphatic carbocycles. The molecule has 64 valence electrons. The zero-order valence-corrected chi connectivity index (χ0v) is 11.4. The molecule has 5 heteroatoms. The van der Waals surface area contributed by atoms with E-state index in [1.807, 2.05) is 0 Å². The van der Waals surface area contributed by atoms with Crippen LogP contribution >= 0.6 is 7.60 Å². The fourth-order valence-corrected chi connectivity index (χ4v) is 1.16. The molecule has 0 N–H and O–H groups in total. The second-order valence-corrected chi connectivity index (χ2v) is 3.75. The van der Waals surface area contributed by atoms with Gasteiger partial charge in [-0.2, -0.15) is 0 Å². The van der Waals surface area contributed by atoms with Crippen molar-refractivity contribution in [2.24, 2.45) is 0 Å². The fourth-order valence-electron chi connectivity index (χ4n) is 0.666. The Bertz CT molecular complexity index is 312. The molecule has 0 bridgehead atoms. The molecule has 13 heavy (non-hydrogen) atoms. The van der Waals surface area contributed by atoms with Crippen LogP contribution in [0.5, 0.6) is 5.75 Å². The summed E-state index contributed by atoms with van der Waals surface area (Å²) in [5.41, 5.74) is 0. The van der Waals surface area contributed by atoms with E-state index in [9.17, 15) is 9.46 Å². The summed E-state index contributed by atoms with van der Waals surface area (Å²) in [4.78, 5) is 10.9. The van der Waals surface area contributed by atoms with E-state index in [-0.39, 0.29) is 51.4 Å². The topological polar surface area (TPSA) is 49.4 Å². The molecule has 1 rings (SSSR count). The first-order valence-electron chi connectivity index (χ1n) is 3.33. The monoisotopic (exact) mass is 222 g/mol. The van der Waals surface area contributed by atoms with E-state index in [2.05, 4.69) is 11.1 Å². The van der Waals surface area contributed by atoms with Crippen molar-refractivity contribution in [3.05, 3.63) is 42.7 Å². The minimum absolute atomic E-state index is 0. The number of para-hydroxylation sites is 1. The van der Waals surface area contributed by atoms with E-state index in [1.54, 1.807) is 30.3 Å². The third-order valence-corrected chi connectivity index (χ3v) is 2.11. The third-order valence-electron chi connectivity index (χ3n) is 1.20. The molecule has 0 saturated heterocycles. The smallest absolute Gasteiger partial charge is 0.766 e. The molecule has 0 aliphatic heterocycles. The van der Waals surface area contributed by atoms with Crippen molar-refractivity contribution in [3.63, 3.8) is 0 Å². The van der Waals surface area contributed by atoms with Crippen LogP contribution in [0.25, 0.3) is 0 Å². The quantitative estimate of drug-likeness (QED) is 0.475. The summed E-state index contributed by atoms with van der Waals surface area (Å²) >= 11 is 0. The molecule has 1 atom stereocenters. The van der Waals surface area contributed by atoms with Gasteiger partial charge in [0.25, 0.3) is 0 Å². The molecule has 0 fully saturated rings. The van der Waals surface area contributed by atoms with Gasteiger partial charge >= 0.3 is 51.4 Å². The van der Waals surface area contributed by atoms with Gasteiger partial charge in [-0.3, -0.25) is 4.57 Å². The Hall–Kier alpha value is 0.586. The zero-order chi connectivity index (χ0) is 9.03. The summed E-state index contributed by atoms with van der Waals surface area (Å²) in [5.74, 6) is 1.09. The predicted molar refractivity (Wildman–Crippen MR) is 44.9 cm³/mol. The second-order valence-electron chi connectivity index (χ2n) is 2.13. The van der Waals surface area contributed by atoms with Crippen LogP contribution in [0.15, 0.2) is 42.7 Å². The largest absolute Gasteiger partial charge is 1.00 e. The van der Waals surface area contributed by atoms with E-state index in [0.717, 1.165) is 5.82 Å². The number of hydrogen-bond acceptors (Lipinski definition) is 3. The third kappa shape index (κ3) is 5.13. The maximum Gasteiger partial charge on any atom is 1.00 e. The van der Waals surface area contributed by atoms with E-state index in [0.29, 0.717) is 5.75 Å². The van der Waals surface area contributed by atoms with Crippen molar-refractivity contribution in [2.45, 2.75) is 0 Å². The van der Waals surface area contributed by atoms with Gasteiger partial charge in [-0.15, -0.1) is 0 Å². The van der Waals surface area contributed by atoms with Crippen LogP contribution in [0, 0.1) is 0 Å². The Labute approximate surface area is 120 Å². The Morgan fingerprint density at radius 1 is 1.38 bits per heavy atom. The van der Waals surface area contributed by atoms with E-state index >= 15 is 0 Å². The maximum absolute atomic E-state index is 10.9. The Kier molecular flexibility index (Phi) is 6.42. The van der Waals surface area contributed by atoms with Gasteiger partial charge in [0.15, 0.2) is 0 Å². The minimum Gasteiger partial charge on any atom is -0.766 e. The summed E-state index contributed by atoms with van der Waals surface area (Å²) < 4.78 is 15.5. The van der Waals surface area contributed by atoms with Gasteiger partial charge in [-0.05, 0) is 17.9 Å². The Morgan fingerprint density at radius 2 is 1.92 bits per heavy atom. The van der Waals surface area contributed by atoms with Crippen molar-refractivity contribution in [1.29, 1.82) is 0 Å². The molecule has 1 aromatic carbocycles. The van der Waals surface area contributed by atoms with Gasteiger partial charge in [0, 0.05) is 0 Å². The van der Waals surface area contributed by atoms with Crippen LogP contribution in [0.2, 0.25) is 0 Å². The molecule has 1 unspecified atom stereocenters. The van der Waals surface area contributed by atoms with Gasteiger partial charge < -0.3 is 9.42 Å². The van der Waals surface area contributed by atoms with Crippen molar-refractivity contribution in [3.8, 4) is 5.75 Å². The average molecular weight is 222 g/mol. The van der Waals surface area contributed by atoms with Crippen molar-refractivity contribution in [1.82, 2.24) is 0 Å². The molecule has 0 aliphatic rings. The van der Waals surface area contributed by atoms with Crippen LogP contribution in [-0.2, 0) is 4.57 Å². The molecular formula is C8H8KO3P. The first-order chi connectivity index (χ1) is 5.64. The van der Waals surface area contributed by atoms with E-state index in [4.69, 9.17) is 0 Å². The van der Waals surface area contributed by atoms with Crippen LogP contribution in [0.1, 0.15) is 0 Å². The van der Waals surface area contributed by atoms with Crippen LogP contribution in [0.3, 0.4) is 0 Å². The minimum atomic E-state index is -3.88. The van der Waals surface area contributed by atoms with Crippen molar-refractivity contribution >= 4 is 7.60 Å². The van der Waals surface area contributed by atoms with Gasteiger partial charge in [-0.25, -0.2) is 0 Å². The second kappa shape index (κ2) is 6.14. The molecular weight excluding hydrogens is 214 g/mol. The molecule has 0 radical (unpaired) electrons. The summed E-state index contributed by atoms with van der Waals surface area (Å²) in [6.45, 7) is 3.13. The van der Waals surface area contributed by atoms with Gasteiger partial charge in [0.05, 0.1) is 0 Å². The normalized spacial score (nSPS) is 13.6. The predicted octanol–water partition coefficient (Wildman–Crippen LogP) is -1.23. The van der Waals surface area contributed by atoms with Gasteiger partial charge in [-0.1, -0.05) is 24.8 Å². The summed E-state index contributed by atoms with van der Waals surface area (Å²) in [5, 5.41) is 0. The van der Waals surface area contributed by atoms with Gasteiger partial charge in [0.2, 0.25) is 7.60 Å². The summed E-state index contributed by atoms with van der Waals surface area (Å²) in [6, 6.07) is 8.29. The maximum atomic E-state index is 10.9. The standard InChI is InChI=1S/C8H9O3P.K/c1-2-12(9,10)11-8-6-4-3-5-7-8;/h2-7H,1H2,(H,9,10);/q;+1/p-1. The average Bonchev–Trinajstić information content (AvgIpc) is 2.06. The molecule has 0 aromatic heterocycles. The first-order valence-corrected chi connectivity index (χ1v) is 4.94. The molecule has 3 nitrogen and oxygen atoms in total. The van der Waals surface area contributed by atoms with E-state index in [1.165, 1.54) is 0 Å². The van der Waals surface area contributed by atoms with Crippen molar-refractivity contribution in [2.75, 3.05) is 0 Å².